The summed E-state index contributed by atoms with van der Waals surface area (Å²) >= 11 is 0. The Balaban J connectivity index is 1.50. The number of esters is 1. The molecule has 1 fully saturated rings. The fraction of sp³-hybridized carbons (Fsp3) is 0.435. The third kappa shape index (κ3) is 5.39. The number of hydrogen-bond donors (Lipinski definition) is 2. The molecule has 0 bridgehead atoms. The molecule has 31 heavy (non-hydrogen) atoms. The monoisotopic (exact) mass is 424 g/mol. The van der Waals surface area contributed by atoms with Gasteiger partial charge in [-0.3, -0.25) is 0 Å². The van der Waals surface area contributed by atoms with Crippen LogP contribution >= 0.6 is 0 Å². The standard InChI is InChI=1S/C23H28N4O4/c1-23(2,3)31-22(28)18-11-16-20(24-14-25-21(16)27-18)26-17-9-10-29-13-19(17)30-12-15-7-5-4-6-8-15/h4-8,11,14,17,19H,9-10,12-13H2,1-3H3,(H2,24,25,26,27). The SMILES string of the molecule is CC(C)(C)OC(=O)c1cc2c(NC3CCOCC3OCc3ccccc3)ncnc2[nH]1. The molecule has 2 N–H and O–H groups in total. The Hall–Kier alpha value is -2.97. The van der Waals surface area contributed by atoms with E-state index in [4.69, 9.17) is 14.2 Å². The van der Waals surface area contributed by atoms with Crippen LogP contribution in [0.15, 0.2) is 42.7 Å². The van der Waals surface area contributed by atoms with Gasteiger partial charge in [-0.15, -0.1) is 0 Å². The van der Waals surface area contributed by atoms with Crippen LogP contribution in [0.4, 0.5) is 5.82 Å². The molecule has 1 aliphatic rings. The Kier molecular flexibility index (Phi) is 6.20. The smallest absolute Gasteiger partial charge is 0.355 e. The molecular weight excluding hydrogens is 396 g/mol. The molecule has 8 heteroatoms. The first-order valence-electron chi connectivity index (χ1n) is 10.5. The van der Waals surface area contributed by atoms with Gasteiger partial charge in [0.15, 0.2) is 0 Å². The highest BCUT2D eigenvalue weighted by Crippen LogP contribution is 2.25. The number of anilines is 1. The van der Waals surface area contributed by atoms with Crippen molar-refractivity contribution >= 4 is 22.8 Å². The van der Waals surface area contributed by atoms with E-state index >= 15 is 0 Å². The second-order valence-electron chi connectivity index (χ2n) is 8.62. The average Bonchev–Trinajstić information content (AvgIpc) is 3.18. The molecule has 0 saturated carbocycles. The molecule has 4 rings (SSSR count). The molecule has 0 radical (unpaired) electrons. The minimum absolute atomic E-state index is 0.0236. The highest BCUT2D eigenvalue weighted by atomic mass is 16.6. The molecule has 1 aliphatic heterocycles. The number of H-pyrrole nitrogens is 1. The number of carbonyl (C=O) groups excluding carboxylic acids is 1. The third-order valence-electron chi connectivity index (χ3n) is 4.98. The molecule has 2 atom stereocenters. The van der Waals surface area contributed by atoms with E-state index in [9.17, 15) is 4.79 Å². The molecule has 3 aromatic rings. The number of aromatic amines is 1. The van der Waals surface area contributed by atoms with Crippen LogP contribution in [-0.2, 0) is 20.8 Å². The van der Waals surface area contributed by atoms with Gasteiger partial charge in [-0.2, -0.15) is 0 Å². The molecule has 0 amide bonds. The first kappa shape index (κ1) is 21.3. The first-order valence-corrected chi connectivity index (χ1v) is 10.5. The van der Waals surface area contributed by atoms with Crippen molar-refractivity contribution in [1.29, 1.82) is 0 Å². The zero-order valence-electron chi connectivity index (χ0n) is 18.1. The first-order chi connectivity index (χ1) is 14.9. The lowest BCUT2D eigenvalue weighted by atomic mass is 10.1. The van der Waals surface area contributed by atoms with Crippen molar-refractivity contribution in [2.45, 2.75) is 51.5 Å². The molecule has 1 saturated heterocycles. The second-order valence-corrected chi connectivity index (χ2v) is 8.62. The maximum Gasteiger partial charge on any atom is 0.355 e. The van der Waals surface area contributed by atoms with Gasteiger partial charge < -0.3 is 24.5 Å². The number of ether oxygens (including phenoxy) is 3. The van der Waals surface area contributed by atoms with E-state index in [1.165, 1.54) is 6.33 Å². The Bertz CT molecular complexity index is 1030. The summed E-state index contributed by atoms with van der Waals surface area (Å²) in [6.45, 7) is 7.17. The van der Waals surface area contributed by atoms with Gasteiger partial charge in [-0.05, 0) is 38.8 Å². The maximum absolute atomic E-state index is 12.4. The lowest BCUT2D eigenvalue weighted by molar-refractivity contribution is -0.0637. The van der Waals surface area contributed by atoms with Crippen molar-refractivity contribution in [3.05, 3.63) is 54.0 Å². The minimum Gasteiger partial charge on any atom is -0.455 e. The van der Waals surface area contributed by atoms with Crippen molar-refractivity contribution in [2.75, 3.05) is 18.5 Å². The highest BCUT2D eigenvalue weighted by molar-refractivity contribution is 5.97. The van der Waals surface area contributed by atoms with Crippen molar-refractivity contribution < 1.29 is 19.0 Å². The quantitative estimate of drug-likeness (QED) is 0.582. The number of hydrogen-bond acceptors (Lipinski definition) is 7. The largest absolute Gasteiger partial charge is 0.455 e. The van der Waals surface area contributed by atoms with Crippen molar-refractivity contribution in [1.82, 2.24) is 15.0 Å². The Labute approximate surface area is 181 Å². The second kappa shape index (κ2) is 9.03. The van der Waals surface area contributed by atoms with Crippen LogP contribution in [0.2, 0.25) is 0 Å². The van der Waals surface area contributed by atoms with Crippen molar-refractivity contribution in [3.63, 3.8) is 0 Å². The van der Waals surface area contributed by atoms with Gasteiger partial charge in [-0.25, -0.2) is 14.8 Å². The molecular formula is C23H28N4O4. The lowest BCUT2D eigenvalue weighted by Gasteiger charge is -2.32. The summed E-state index contributed by atoms with van der Waals surface area (Å²) in [6.07, 6.45) is 2.14. The molecule has 2 aromatic heterocycles. The van der Waals surface area contributed by atoms with Gasteiger partial charge in [0.25, 0.3) is 0 Å². The van der Waals surface area contributed by atoms with E-state index in [-0.39, 0.29) is 12.1 Å². The number of benzene rings is 1. The van der Waals surface area contributed by atoms with Gasteiger partial charge in [-0.1, -0.05) is 30.3 Å². The summed E-state index contributed by atoms with van der Waals surface area (Å²) in [4.78, 5) is 24.1. The maximum atomic E-state index is 12.4. The van der Waals surface area contributed by atoms with E-state index in [1.807, 2.05) is 51.1 Å². The zero-order valence-corrected chi connectivity index (χ0v) is 18.1. The van der Waals surface area contributed by atoms with Crippen LogP contribution in [0.1, 0.15) is 43.2 Å². The number of nitrogens with zero attached hydrogens (tertiary/aromatic N) is 2. The van der Waals surface area contributed by atoms with Crippen LogP contribution in [0.25, 0.3) is 11.0 Å². The van der Waals surface area contributed by atoms with Gasteiger partial charge in [0.1, 0.15) is 35.2 Å². The Morgan fingerprint density at radius 3 is 2.84 bits per heavy atom. The molecule has 2 unspecified atom stereocenters. The summed E-state index contributed by atoms with van der Waals surface area (Å²) in [6, 6.07) is 11.8. The summed E-state index contributed by atoms with van der Waals surface area (Å²) in [7, 11) is 0. The number of fused-ring (bicyclic) bond motifs is 1. The molecule has 3 heterocycles. The predicted molar refractivity (Wildman–Crippen MR) is 117 cm³/mol. The Morgan fingerprint density at radius 1 is 1.26 bits per heavy atom. The predicted octanol–water partition coefficient (Wildman–Crippen LogP) is 3.70. The lowest BCUT2D eigenvalue weighted by Crippen LogP contribution is -2.43. The normalized spacial score (nSPS) is 19.3. The van der Waals surface area contributed by atoms with E-state index in [0.717, 1.165) is 17.4 Å². The van der Waals surface area contributed by atoms with Crippen molar-refractivity contribution in [3.8, 4) is 0 Å². The molecule has 1 aromatic carbocycles. The summed E-state index contributed by atoms with van der Waals surface area (Å²) in [5.74, 6) is 0.225. The number of rotatable bonds is 6. The number of nitrogens with one attached hydrogen (secondary N) is 2. The Morgan fingerprint density at radius 2 is 2.06 bits per heavy atom. The van der Waals surface area contributed by atoms with E-state index in [0.29, 0.717) is 37.0 Å². The highest BCUT2D eigenvalue weighted by Gasteiger charge is 2.28. The van der Waals surface area contributed by atoms with Gasteiger partial charge >= 0.3 is 5.97 Å². The van der Waals surface area contributed by atoms with E-state index in [1.54, 1.807) is 6.07 Å². The molecule has 8 nitrogen and oxygen atoms in total. The zero-order chi connectivity index (χ0) is 21.8. The molecule has 0 aliphatic carbocycles. The molecule has 164 valence electrons. The molecule has 0 spiro atoms. The average molecular weight is 425 g/mol. The topological polar surface area (TPSA) is 98.4 Å². The van der Waals surface area contributed by atoms with Crippen LogP contribution < -0.4 is 5.32 Å². The van der Waals surface area contributed by atoms with Crippen LogP contribution in [0.5, 0.6) is 0 Å². The van der Waals surface area contributed by atoms with Gasteiger partial charge in [0, 0.05) is 6.61 Å². The van der Waals surface area contributed by atoms with Crippen LogP contribution in [0.3, 0.4) is 0 Å². The van der Waals surface area contributed by atoms with Crippen molar-refractivity contribution in [2.24, 2.45) is 0 Å². The summed E-state index contributed by atoms with van der Waals surface area (Å²) in [5, 5.41) is 4.22. The van der Waals surface area contributed by atoms with E-state index < -0.39 is 11.6 Å². The van der Waals surface area contributed by atoms with Crippen LogP contribution in [0, 0.1) is 0 Å². The fourth-order valence-corrected chi connectivity index (χ4v) is 3.49. The fourth-order valence-electron chi connectivity index (χ4n) is 3.49. The summed E-state index contributed by atoms with van der Waals surface area (Å²) < 4.78 is 17.3. The third-order valence-corrected chi connectivity index (χ3v) is 4.98. The van der Waals surface area contributed by atoms with E-state index in [2.05, 4.69) is 20.3 Å². The van der Waals surface area contributed by atoms with Gasteiger partial charge in [0.05, 0.1) is 24.6 Å². The summed E-state index contributed by atoms with van der Waals surface area (Å²) in [5.41, 5.74) is 1.46. The van der Waals surface area contributed by atoms with Gasteiger partial charge in [0.2, 0.25) is 0 Å². The number of aromatic nitrogens is 3. The van der Waals surface area contributed by atoms with Crippen LogP contribution in [-0.4, -0.2) is 51.9 Å². The minimum atomic E-state index is -0.577. The number of carbonyl (C=O) groups is 1.